The molecule has 0 aromatic heterocycles. The second-order valence-electron chi connectivity index (χ2n) is 6.01. The molecule has 1 aliphatic rings. The van der Waals surface area contributed by atoms with E-state index in [9.17, 15) is 0 Å². The first-order valence-electron chi connectivity index (χ1n) is 7.18. The van der Waals surface area contributed by atoms with Crippen LogP contribution in [0.5, 0.6) is 0 Å². The summed E-state index contributed by atoms with van der Waals surface area (Å²) in [4.78, 5) is 0. The van der Waals surface area contributed by atoms with Gasteiger partial charge in [0, 0.05) is 6.04 Å². The quantitative estimate of drug-likeness (QED) is 0.783. The van der Waals surface area contributed by atoms with Crippen LogP contribution in [-0.2, 0) is 5.41 Å². The molecule has 18 heavy (non-hydrogen) atoms. The number of nitrogens with two attached hydrogens (primary N) is 1. The Bertz CT molecular complexity index is 384. The summed E-state index contributed by atoms with van der Waals surface area (Å²) in [6.45, 7) is 6.60. The van der Waals surface area contributed by atoms with Crippen molar-refractivity contribution in [3.05, 3.63) is 35.4 Å². The number of nitrogens with one attached hydrogen (secondary N) is 1. The van der Waals surface area contributed by atoms with Gasteiger partial charge < -0.3 is 11.1 Å². The molecule has 3 N–H and O–H groups in total. The molecule has 0 radical (unpaired) electrons. The minimum atomic E-state index is 0.325. The maximum Gasteiger partial charge on any atom is 0.0323 e. The highest BCUT2D eigenvalue weighted by atomic mass is 14.9. The van der Waals surface area contributed by atoms with Gasteiger partial charge in [0.1, 0.15) is 0 Å². The highest BCUT2D eigenvalue weighted by Crippen LogP contribution is 2.41. The van der Waals surface area contributed by atoms with Crippen molar-refractivity contribution in [1.29, 1.82) is 0 Å². The lowest BCUT2D eigenvalue weighted by atomic mass is 9.71. The van der Waals surface area contributed by atoms with E-state index in [0.717, 1.165) is 19.5 Å². The zero-order chi connectivity index (χ0) is 13.0. The molecule has 1 unspecified atom stereocenters. The summed E-state index contributed by atoms with van der Waals surface area (Å²) in [5, 5.41) is 3.69. The van der Waals surface area contributed by atoms with Gasteiger partial charge in [-0.05, 0) is 55.3 Å². The number of unbranched alkanes of at least 4 members (excludes halogenated alkanes) is 1. The Morgan fingerprint density at radius 2 is 2.06 bits per heavy atom. The van der Waals surface area contributed by atoms with Gasteiger partial charge in [0.25, 0.3) is 0 Å². The fraction of sp³-hybridized carbons (Fsp3) is 0.625. The van der Waals surface area contributed by atoms with Crippen molar-refractivity contribution in [1.82, 2.24) is 5.32 Å². The van der Waals surface area contributed by atoms with Gasteiger partial charge in [-0.15, -0.1) is 0 Å². The Morgan fingerprint density at radius 1 is 1.28 bits per heavy atom. The van der Waals surface area contributed by atoms with Crippen molar-refractivity contribution in [2.75, 3.05) is 13.1 Å². The largest absolute Gasteiger partial charge is 0.330 e. The van der Waals surface area contributed by atoms with Crippen LogP contribution < -0.4 is 11.1 Å². The monoisotopic (exact) mass is 246 g/mol. The first-order chi connectivity index (χ1) is 8.65. The maximum atomic E-state index is 5.53. The minimum absolute atomic E-state index is 0.325. The fourth-order valence-electron chi connectivity index (χ4n) is 2.97. The molecule has 0 heterocycles. The lowest BCUT2D eigenvalue weighted by Crippen LogP contribution is -2.33. The molecule has 1 aromatic rings. The number of rotatable bonds is 5. The van der Waals surface area contributed by atoms with Crippen molar-refractivity contribution < 1.29 is 0 Å². The summed E-state index contributed by atoms with van der Waals surface area (Å²) in [5.74, 6) is 0. The lowest BCUT2D eigenvalue weighted by Gasteiger charge is -2.37. The van der Waals surface area contributed by atoms with Crippen molar-refractivity contribution in [2.45, 2.75) is 51.0 Å². The fourth-order valence-corrected chi connectivity index (χ4v) is 2.97. The molecule has 0 bridgehead atoms. The molecule has 100 valence electrons. The van der Waals surface area contributed by atoms with Crippen LogP contribution in [0.3, 0.4) is 0 Å². The Labute approximate surface area is 111 Å². The van der Waals surface area contributed by atoms with Crippen LogP contribution in [0.15, 0.2) is 24.3 Å². The molecule has 2 nitrogen and oxygen atoms in total. The van der Waals surface area contributed by atoms with Crippen molar-refractivity contribution in [2.24, 2.45) is 5.73 Å². The normalized spacial score (nSPS) is 21.6. The Hall–Kier alpha value is -0.860. The Kier molecular flexibility index (Phi) is 4.41. The van der Waals surface area contributed by atoms with Gasteiger partial charge in [-0.3, -0.25) is 0 Å². The van der Waals surface area contributed by atoms with E-state index in [1.54, 1.807) is 0 Å². The summed E-state index contributed by atoms with van der Waals surface area (Å²) < 4.78 is 0. The summed E-state index contributed by atoms with van der Waals surface area (Å²) >= 11 is 0. The smallest absolute Gasteiger partial charge is 0.0323 e. The van der Waals surface area contributed by atoms with Crippen LogP contribution in [0, 0.1) is 0 Å². The van der Waals surface area contributed by atoms with Gasteiger partial charge in [0.15, 0.2) is 0 Å². The molecule has 0 saturated carbocycles. The van der Waals surface area contributed by atoms with Crippen LogP contribution in [0.4, 0.5) is 0 Å². The molecule has 2 heteroatoms. The number of fused-ring (bicyclic) bond motifs is 1. The Balaban J connectivity index is 2.06. The van der Waals surface area contributed by atoms with Gasteiger partial charge >= 0.3 is 0 Å². The van der Waals surface area contributed by atoms with Gasteiger partial charge in [-0.2, -0.15) is 0 Å². The third-order valence-corrected chi connectivity index (χ3v) is 4.14. The zero-order valence-electron chi connectivity index (χ0n) is 11.7. The van der Waals surface area contributed by atoms with Gasteiger partial charge in [0.2, 0.25) is 0 Å². The standard InChI is InChI=1S/C16H26N2/c1-16(2)10-9-15(18-12-6-5-11-17)13-7-3-4-8-14(13)16/h3-4,7-8,15,18H,5-6,9-12,17H2,1-2H3. The Morgan fingerprint density at radius 3 is 2.83 bits per heavy atom. The van der Waals surface area contributed by atoms with E-state index < -0.39 is 0 Å². The maximum absolute atomic E-state index is 5.53. The highest BCUT2D eigenvalue weighted by molar-refractivity contribution is 5.38. The SMILES string of the molecule is CC1(C)CCC(NCCCCN)c2ccccc21. The molecule has 0 amide bonds. The van der Waals surface area contributed by atoms with Crippen LogP contribution in [0.25, 0.3) is 0 Å². The van der Waals surface area contributed by atoms with Gasteiger partial charge in [-0.1, -0.05) is 38.1 Å². The van der Waals surface area contributed by atoms with E-state index in [1.165, 1.54) is 30.4 Å². The molecular weight excluding hydrogens is 220 g/mol. The predicted octanol–water partition coefficient (Wildman–Crippen LogP) is 3.13. The average molecular weight is 246 g/mol. The van der Waals surface area contributed by atoms with Crippen LogP contribution in [0.2, 0.25) is 0 Å². The summed E-state index contributed by atoms with van der Waals surface area (Å²) in [7, 11) is 0. The van der Waals surface area contributed by atoms with E-state index in [2.05, 4.69) is 43.4 Å². The first-order valence-corrected chi connectivity index (χ1v) is 7.18. The molecule has 1 atom stereocenters. The first kappa shape index (κ1) is 13.6. The molecule has 1 aromatic carbocycles. The molecule has 0 aliphatic heterocycles. The lowest BCUT2D eigenvalue weighted by molar-refractivity contribution is 0.357. The second-order valence-corrected chi connectivity index (χ2v) is 6.01. The molecule has 0 saturated heterocycles. The molecule has 2 rings (SSSR count). The second kappa shape index (κ2) is 5.85. The van der Waals surface area contributed by atoms with Gasteiger partial charge in [-0.25, -0.2) is 0 Å². The topological polar surface area (TPSA) is 38.0 Å². The van der Waals surface area contributed by atoms with Gasteiger partial charge in [0.05, 0.1) is 0 Å². The number of hydrogen-bond donors (Lipinski definition) is 2. The van der Waals surface area contributed by atoms with Crippen molar-refractivity contribution in [3.63, 3.8) is 0 Å². The van der Waals surface area contributed by atoms with Crippen molar-refractivity contribution >= 4 is 0 Å². The highest BCUT2D eigenvalue weighted by Gasteiger charge is 2.31. The van der Waals surface area contributed by atoms with E-state index >= 15 is 0 Å². The third-order valence-electron chi connectivity index (χ3n) is 4.14. The molecule has 1 aliphatic carbocycles. The van der Waals surface area contributed by atoms with E-state index in [0.29, 0.717) is 11.5 Å². The van der Waals surface area contributed by atoms with E-state index in [-0.39, 0.29) is 0 Å². The van der Waals surface area contributed by atoms with Crippen molar-refractivity contribution in [3.8, 4) is 0 Å². The molecular formula is C16H26N2. The number of benzene rings is 1. The van der Waals surface area contributed by atoms with E-state index in [1.807, 2.05) is 0 Å². The summed E-state index contributed by atoms with van der Waals surface area (Å²) in [6, 6.07) is 9.44. The minimum Gasteiger partial charge on any atom is -0.330 e. The van der Waals surface area contributed by atoms with Crippen LogP contribution >= 0.6 is 0 Å². The zero-order valence-corrected chi connectivity index (χ0v) is 11.7. The summed E-state index contributed by atoms with van der Waals surface area (Å²) in [5.41, 5.74) is 8.88. The van der Waals surface area contributed by atoms with Crippen LogP contribution in [-0.4, -0.2) is 13.1 Å². The molecule has 0 fully saturated rings. The molecule has 0 spiro atoms. The predicted molar refractivity (Wildman–Crippen MR) is 77.7 cm³/mol. The third kappa shape index (κ3) is 2.93. The average Bonchev–Trinajstić information content (AvgIpc) is 2.37. The van der Waals surface area contributed by atoms with Crippen LogP contribution in [0.1, 0.15) is 56.7 Å². The number of hydrogen-bond acceptors (Lipinski definition) is 2. The summed E-state index contributed by atoms with van der Waals surface area (Å²) in [6.07, 6.45) is 4.80. The van der Waals surface area contributed by atoms with E-state index in [4.69, 9.17) is 5.73 Å².